The standard InChI is InChI=1S/C21H25N3O/c1-4-10-18-20(24-14-9-8-13-19(24)22-18)21(25)23-17-12-7-6-11-16(17)15(3)5-2/h6-9,11-15H,4-5,10H2,1-3H3,(H,23,25). The van der Waals surface area contributed by atoms with Crippen molar-refractivity contribution in [3.63, 3.8) is 0 Å². The molecule has 1 atom stereocenters. The Bertz CT molecular complexity index is 882. The van der Waals surface area contributed by atoms with Crippen LogP contribution in [0.2, 0.25) is 0 Å². The number of aromatic nitrogens is 2. The van der Waals surface area contributed by atoms with Gasteiger partial charge in [0.2, 0.25) is 0 Å². The molecule has 0 saturated heterocycles. The molecule has 1 amide bonds. The number of rotatable bonds is 6. The topological polar surface area (TPSA) is 46.4 Å². The molecule has 130 valence electrons. The highest BCUT2D eigenvalue weighted by Crippen LogP contribution is 2.27. The summed E-state index contributed by atoms with van der Waals surface area (Å²) >= 11 is 0. The van der Waals surface area contributed by atoms with E-state index in [1.165, 1.54) is 5.56 Å². The number of carbonyl (C=O) groups is 1. The number of carbonyl (C=O) groups excluding carboxylic acids is 1. The number of imidazole rings is 1. The highest BCUT2D eigenvalue weighted by atomic mass is 16.2. The molecule has 1 unspecified atom stereocenters. The first-order chi connectivity index (χ1) is 12.2. The second-order valence-corrected chi connectivity index (χ2v) is 6.44. The van der Waals surface area contributed by atoms with E-state index in [0.29, 0.717) is 11.6 Å². The van der Waals surface area contributed by atoms with Crippen LogP contribution in [0.5, 0.6) is 0 Å². The molecular weight excluding hydrogens is 310 g/mol. The van der Waals surface area contributed by atoms with Crippen LogP contribution in [-0.2, 0) is 6.42 Å². The molecule has 2 heterocycles. The highest BCUT2D eigenvalue weighted by Gasteiger charge is 2.20. The predicted octanol–water partition coefficient (Wildman–Crippen LogP) is 5.05. The van der Waals surface area contributed by atoms with Crippen LogP contribution in [0, 0.1) is 0 Å². The molecule has 1 N–H and O–H groups in total. The van der Waals surface area contributed by atoms with Crippen LogP contribution in [0.25, 0.3) is 5.65 Å². The minimum Gasteiger partial charge on any atom is -0.320 e. The van der Waals surface area contributed by atoms with Gasteiger partial charge in [-0.3, -0.25) is 9.20 Å². The van der Waals surface area contributed by atoms with E-state index in [1.807, 2.05) is 47.0 Å². The van der Waals surface area contributed by atoms with E-state index >= 15 is 0 Å². The summed E-state index contributed by atoms with van der Waals surface area (Å²) in [7, 11) is 0. The van der Waals surface area contributed by atoms with E-state index in [0.717, 1.165) is 36.3 Å². The Morgan fingerprint density at radius 1 is 1.16 bits per heavy atom. The maximum atomic E-state index is 13.1. The first kappa shape index (κ1) is 17.2. The predicted molar refractivity (Wildman–Crippen MR) is 102 cm³/mol. The van der Waals surface area contributed by atoms with Gasteiger partial charge < -0.3 is 5.32 Å². The van der Waals surface area contributed by atoms with Gasteiger partial charge in [-0.05, 0) is 42.5 Å². The van der Waals surface area contributed by atoms with Crippen LogP contribution in [0.3, 0.4) is 0 Å². The fourth-order valence-electron chi connectivity index (χ4n) is 3.14. The molecule has 25 heavy (non-hydrogen) atoms. The number of hydrogen-bond donors (Lipinski definition) is 1. The Morgan fingerprint density at radius 3 is 2.68 bits per heavy atom. The van der Waals surface area contributed by atoms with Crippen LogP contribution < -0.4 is 5.32 Å². The lowest BCUT2D eigenvalue weighted by molar-refractivity contribution is 0.102. The van der Waals surface area contributed by atoms with Gasteiger partial charge in [0.15, 0.2) is 0 Å². The number of aryl methyl sites for hydroxylation is 1. The lowest BCUT2D eigenvalue weighted by atomic mass is 9.97. The first-order valence-electron chi connectivity index (χ1n) is 9.01. The summed E-state index contributed by atoms with van der Waals surface area (Å²) in [5.41, 5.74) is 4.36. The van der Waals surface area contributed by atoms with Crippen LogP contribution >= 0.6 is 0 Å². The summed E-state index contributed by atoms with van der Waals surface area (Å²) in [4.78, 5) is 17.7. The van der Waals surface area contributed by atoms with Crippen LogP contribution in [-0.4, -0.2) is 15.3 Å². The first-order valence-corrected chi connectivity index (χ1v) is 9.01. The number of hydrogen-bond acceptors (Lipinski definition) is 2. The zero-order chi connectivity index (χ0) is 17.8. The minimum absolute atomic E-state index is 0.0992. The van der Waals surface area contributed by atoms with Crippen molar-refractivity contribution in [2.75, 3.05) is 5.32 Å². The Balaban J connectivity index is 2.00. The Hall–Kier alpha value is -2.62. The minimum atomic E-state index is -0.0992. The van der Waals surface area contributed by atoms with E-state index in [9.17, 15) is 4.79 Å². The Labute approximate surface area is 148 Å². The van der Waals surface area contributed by atoms with Gasteiger partial charge >= 0.3 is 0 Å². The molecule has 0 saturated carbocycles. The number of anilines is 1. The molecule has 4 heteroatoms. The van der Waals surface area contributed by atoms with Crippen LogP contribution in [0.1, 0.15) is 61.3 Å². The number of para-hydroxylation sites is 1. The third-order valence-corrected chi connectivity index (χ3v) is 4.66. The third-order valence-electron chi connectivity index (χ3n) is 4.66. The largest absolute Gasteiger partial charge is 0.320 e. The molecule has 0 fully saturated rings. The number of nitrogens with one attached hydrogen (secondary N) is 1. The summed E-state index contributed by atoms with van der Waals surface area (Å²) in [5, 5.41) is 3.12. The number of fused-ring (bicyclic) bond motifs is 1. The van der Waals surface area contributed by atoms with E-state index in [4.69, 9.17) is 0 Å². The quantitative estimate of drug-likeness (QED) is 0.685. The molecule has 3 aromatic rings. The maximum absolute atomic E-state index is 13.1. The Morgan fingerprint density at radius 2 is 1.92 bits per heavy atom. The van der Waals surface area contributed by atoms with Crippen molar-refractivity contribution >= 4 is 17.2 Å². The number of benzene rings is 1. The summed E-state index contributed by atoms with van der Waals surface area (Å²) in [6, 6.07) is 13.8. The van der Waals surface area contributed by atoms with Crippen molar-refractivity contribution in [2.45, 2.75) is 46.0 Å². The number of amides is 1. The van der Waals surface area contributed by atoms with E-state index < -0.39 is 0 Å². The molecular formula is C21H25N3O. The van der Waals surface area contributed by atoms with Crippen molar-refractivity contribution in [1.82, 2.24) is 9.38 Å². The second-order valence-electron chi connectivity index (χ2n) is 6.44. The van der Waals surface area contributed by atoms with Crippen molar-refractivity contribution < 1.29 is 4.79 Å². The van der Waals surface area contributed by atoms with Gasteiger partial charge in [-0.15, -0.1) is 0 Å². The lowest BCUT2D eigenvalue weighted by Crippen LogP contribution is -2.17. The molecule has 0 bridgehead atoms. The Kier molecular flexibility index (Phi) is 5.17. The third kappa shape index (κ3) is 3.43. The van der Waals surface area contributed by atoms with Crippen LogP contribution in [0.15, 0.2) is 48.7 Å². The summed E-state index contributed by atoms with van der Waals surface area (Å²) in [6.07, 6.45) is 4.67. The molecule has 1 aromatic carbocycles. The van der Waals surface area contributed by atoms with Crippen molar-refractivity contribution in [3.8, 4) is 0 Å². The van der Waals surface area contributed by atoms with Gasteiger partial charge in [0.05, 0.1) is 5.69 Å². The van der Waals surface area contributed by atoms with Gasteiger partial charge in [-0.1, -0.05) is 51.5 Å². The van der Waals surface area contributed by atoms with E-state index in [1.54, 1.807) is 0 Å². The van der Waals surface area contributed by atoms with Gasteiger partial charge in [-0.25, -0.2) is 4.98 Å². The van der Waals surface area contributed by atoms with Gasteiger partial charge in [0.1, 0.15) is 11.3 Å². The maximum Gasteiger partial charge on any atom is 0.274 e. The highest BCUT2D eigenvalue weighted by molar-refractivity contribution is 6.05. The molecule has 0 aliphatic carbocycles. The molecule has 0 radical (unpaired) electrons. The summed E-state index contributed by atoms with van der Waals surface area (Å²) < 4.78 is 1.88. The van der Waals surface area contributed by atoms with E-state index in [2.05, 4.69) is 37.1 Å². The molecule has 0 spiro atoms. The van der Waals surface area contributed by atoms with Crippen LogP contribution in [0.4, 0.5) is 5.69 Å². The van der Waals surface area contributed by atoms with Crippen molar-refractivity contribution in [2.24, 2.45) is 0 Å². The molecule has 0 aliphatic rings. The fourth-order valence-corrected chi connectivity index (χ4v) is 3.14. The average molecular weight is 335 g/mol. The zero-order valence-corrected chi connectivity index (χ0v) is 15.1. The van der Waals surface area contributed by atoms with Gasteiger partial charge in [0.25, 0.3) is 5.91 Å². The summed E-state index contributed by atoms with van der Waals surface area (Å²) in [6.45, 7) is 6.44. The smallest absolute Gasteiger partial charge is 0.274 e. The van der Waals surface area contributed by atoms with Gasteiger partial charge in [0, 0.05) is 11.9 Å². The molecule has 2 aromatic heterocycles. The molecule has 3 rings (SSSR count). The van der Waals surface area contributed by atoms with Crippen molar-refractivity contribution in [1.29, 1.82) is 0 Å². The molecule has 4 nitrogen and oxygen atoms in total. The van der Waals surface area contributed by atoms with Gasteiger partial charge in [-0.2, -0.15) is 0 Å². The second kappa shape index (κ2) is 7.51. The normalized spacial score (nSPS) is 12.3. The zero-order valence-electron chi connectivity index (χ0n) is 15.1. The molecule has 0 aliphatic heterocycles. The SMILES string of the molecule is CCCc1nc2ccccn2c1C(=O)Nc1ccccc1C(C)CC. The average Bonchev–Trinajstić information content (AvgIpc) is 3.00. The number of nitrogens with zero attached hydrogens (tertiary/aromatic N) is 2. The number of pyridine rings is 1. The fraction of sp³-hybridized carbons (Fsp3) is 0.333. The summed E-state index contributed by atoms with van der Waals surface area (Å²) in [5.74, 6) is 0.298. The lowest BCUT2D eigenvalue weighted by Gasteiger charge is -2.16. The van der Waals surface area contributed by atoms with E-state index in [-0.39, 0.29) is 5.91 Å². The monoisotopic (exact) mass is 335 g/mol. The van der Waals surface area contributed by atoms with Crippen molar-refractivity contribution in [3.05, 3.63) is 65.6 Å².